The molecule has 1 fully saturated rings. The molecule has 5 rings (SSSR count). The summed E-state index contributed by atoms with van der Waals surface area (Å²) in [6.07, 6.45) is 1.86. The number of aromatic amines is 2. The molecule has 0 saturated heterocycles. The van der Waals surface area contributed by atoms with E-state index in [-0.39, 0.29) is 0 Å². The molecule has 0 unspecified atom stereocenters. The zero-order valence-electron chi connectivity index (χ0n) is 14.7. The van der Waals surface area contributed by atoms with E-state index in [9.17, 15) is 10.2 Å². The molecule has 1 aliphatic rings. The number of benzene rings is 2. The van der Waals surface area contributed by atoms with Crippen LogP contribution in [0.25, 0.3) is 21.8 Å². The predicted molar refractivity (Wildman–Crippen MR) is 99.1 cm³/mol. The van der Waals surface area contributed by atoms with Crippen molar-refractivity contribution in [3.05, 3.63) is 71.0 Å². The normalized spacial score (nSPS) is 25.7. The standard InChI is InChI=1S/C22H20N2O2/c1-11-3-5-17-13(7-11)15(9-23-17)19-21(25)20(22(19)26)16-10-24-18-6-4-12(2)8-14(16)18/h3-10,19-24H,1-2H3/q-2. The van der Waals surface area contributed by atoms with E-state index in [0.717, 1.165) is 44.1 Å². The lowest BCUT2D eigenvalue weighted by Gasteiger charge is -2.61. The quantitative estimate of drug-likeness (QED) is 0.586. The van der Waals surface area contributed by atoms with Crippen molar-refractivity contribution < 1.29 is 10.2 Å². The average Bonchev–Trinajstić information content (AvgIpc) is 3.20. The Morgan fingerprint density at radius 3 is 1.54 bits per heavy atom. The summed E-state index contributed by atoms with van der Waals surface area (Å²) >= 11 is 0. The van der Waals surface area contributed by atoms with Gasteiger partial charge in [-0.1, -0.05) is 23.3 Å². The van der Waals surface area contributed by atoms with Gasteiger partial charge in [0.25, 0.3) is 0 Å². The second-order valence-corrected chi connectivity index (χ2v) is 7.57. The van der Waals surface area contributed by atoms with Gasteiger partial charge < -0.3 is 20.2 Å². The van der Waals surface area contributed by atoms with Gasteiger partial charge in [0.15, 0.2) is 0 Å². The van der Waals surface area contributed by atoms with Gasteiger partial charge in [0.05, 0.1) is 0 Å². The monoisotopic (exact) mass is 344 g/mol. The van der Waals surface area contributed by atoms with Crippen molar-refractivity contribution in [1.29, 1.82) is 0 Å². The van der Waals surface area contributed by atoms with Crippen molar-refractivity contribution in [2.24, 2.45) is 0 Å². The van der Waals surface area contributed by atoms with Crippen molar-refractivity contribution in [2.75, 3.05) is 0 Å². The average molecular weight is 344 g/mol. The fourth-order valence-electron chi connectivity index (χ4n) is 4.45. The largest absolute Gasteiger partial charge is 0.851 e. The van der Waals surface area contributed by atoms with Crippen molar-refractivity contribution in [2.45, 2.75) is 37.9 Å². The van der Waals surface area contributed by atoms with Gasteiger partial charge >= 0.3 is 0 Å². The highest BCUT2D eigenvalue weighted by Crippen LogP contribution is 2.48. The third kappa shape index (κ3) is 2.09. The highest BCUT2D eigenvalue weighted by Gasteiger charge is 2.40. The molecule has 1 saturated carbocycles. The summed E-state index contributed by atoms with van der Waals surface area (Å²) in [6.45, 7) is 4.05. The fourth-order valence-corrected chi connectivity index (χ4v) is 4.45. The Morgan fingerprint density at radius 2 is 1.12 bits per heavy atom. The Bertz CT molecular complexity index is 1030. The molecule has 2 aromatic carbocycles. The van der Waals surface area contributed by atoms with Crippen LogP contribution in [0, 0.1) is 13.8 Å². The van der Waals surface area contributed by atoms with Gasteiger partial charge in [0, 0.05) is 34.2 Å². The first-order chi connectivity index (χ1) is 12.5. The number of rotatable bonds is 2. The third-order valence-corrected chi connectivity index (χ3v) is 5.87. The van der Waals surface area contributed by atoms with Crippen LogP contribution in [-0.4, -0.2) is 22.2 Å². The number of hydrogen-bond donors (Lipinski definition) is 2. The number of fused-ring (bicyclic) bond motifs is 2. The Kier molecular flexibility index (Phi) is 3.30. The van der Waals surface area contributed by atoms with Crippen molar-refractivity contribution in [3.8, 4) is 0 Å². The Balaban J connectivity index is 1.55. The van der Waals surface area contributed by atoms with Gasteiger partial charge in [-0.25, -0.2) is 0 Å². The maximum Gasteiger partial charge on any atom is 0.0457 e. The molecular weight excluding hydrogens is 324 g/mol. The molecule has 1 aliphatic carbocycles. The highest BCUT2D eigenvalue weighted by atomic mass is 16.3. The molecule has 2 N–H and O–H groups in total. The number of hydrogen-bond acceptors (Lipinski definition) is 2. The summed E-state index contributed by atoms with van der Waals surface area (Å²) in [7, 11) is 0. The lowest BCUT2D eigenvalue weighted by atomic mass is 9.63. The Morgan fingerprint density at radius 1 is 0.692 bits per heavy atom. The number of nitrogens with one attached hydrogen (secondary N) is 2. The van der Waals surface area contributed by atoms with Crippen LogP contribution in [0.4, 0.5) is 0 Å². The van der Waals surface area contributed by atoms with Crippen LogP contribution in [-0.2, 0) is 0 Å². The molecule has 0 radical (unpaired) electrons. The Labute approximate surface area is 151 Å². The van der Waals surface area contributed by atoms with Crippen molar-refractivity contribution in [3.63, 3.8) is 0 Å². The maximum atomic E-state index is 13.1. The summed E-state index contributed by atoms with van der Waals surface area (Å²) in [5.41, 5.74) is 5.97. The minimum absolute atomic E-state index is 0.495. The SMILES string of the molecule is Cc1ccc2[nH]cc(C3C([O-])C(c4c[nH]c5ccc(C)cc45)C3[O-])c2c1. The van der Waals surface area contributed by atoms with Gasteiger partial charge in [-0.05, 0) is 61.1 Å². The molecule has 4 aromatic rings. The maximum absolute atomic E-state index is 13.1. The third-order valence-electron chi connectivity index (χ3n) is 5.87. The molecule has 2 heterocycles. The minimum Gasteiger partial charge on any atom is -0.851 e. The van der Waals surface area contributed by atoms with E-state index in [4.69, 9.17) is 0 Å². The second kappa shape index (κ2) is 5.47. The van der Waals surface area contributed by atoms with Crippen LogP contribution in [0.1, 0.15) is 34.1 Å². The number of aryl methyl sites for hydroxylation is 2. The zero-order valence-corrected chi connectivity index (χ0v) is 14.7. The molecule has 4 nitrogen and oxygen atoms in total. The van der Waals surface area contributed by atoms with E-state index < -0.39 is 24.0 Å². The van der Waals surface area contributed by atoms with Crippen molar-refractivity contribution >= 4 is 21.8 Å². The highest BCUT2D eigenvalue weighted by molar-refractivity contribution is 5.86. The van der Waals surface area contributed by atoms with Crippen LogP contribution in [0.3, 0.4) is 0 Å². The van der Waals surface area contributed by atoms with E-state index in [1.807, 2.05) is 50.5 Å². The Hall–Kier alpha value is -2.56. The van der Waals surface area contributed by atoms with Crippen molar-refractivity contribution in [1.82, 2.24) is 9.97 Å². The molecule has 132 valence electrons. The van der Waals surface area contributed by atoms with Crippen LogP contribution < -0.4 is 10.2 Å². The minimum atomic E-state index is -0.920. The topological polar surface area (TPSA) is 77.7 Å². The van der Waals surface area contributed by atoms with Gasteiger partial charge in [-0.3, -0.25) is 0 Å². The van der Waals surface area contributed by atoms with Gasteiger partial charge in [-0.15, -0.1) is 12.2 Å². The van der Waals surface area contributed by atoms with Gasteiger partial charge in [0.2, 0.25) is 0 Å². The predicted octanol–water partition coefficient (Wildman–Crippen LogP) is 2.60. The lowest BCUT2D eigenvalue weighted by molar-refractivity contribution is -0.535. The first kappa shape index (κ1) is 15.7. The molecule has 0 spiro atoms. The first-order valence-electron chi connectivity index (χ1n) is 9.01. The first-order valence-corrected chi connectivity index (χ1v) is 9.01. The number of H-pyrrole nitrogens is 2. The summed E-state index contributed by atoms with van der Waals surface area (Å²) in [5, 5.41) is 28.2. The molecule has 0 atom stereocenters. The van der Waals surface area contributed by atoms with Gasteiger partial charge in [0.1, 0.15) is 0 Å². The molecular formula is C22H20N2O2-2. The number of aromatic nitrogens is 2. The van der Waals surface area contributed by atoms with E-state index in [0.29, 0.717) is 0 Å². The molecule has 26 heavy (non-hydrogen) atoms. The lowest BCUT2D eigenvalue weighted by Crippen LogP contribution is -2.63. The van der Waals surface area contributed by atoms with Crippen LogP contribution in [0.15, 0.2) is 48.8 Å². The smallest absolute Gasteiger partial charge is 0.0457 e. The van der Waals surface area contributed by atoms with E-state index in [1.165, 1.54) is 0 Å². The summed E-state index contributed by atoms with van der Waals surface area (Å²) in [4.78, 5) is 6.42. The fraction of sp³-hybridized carbons (Fsp3) is 0.273. The molecule has 0 amide bonds. The second-order valence-electron chi connectivity index (χ2n) is 7.57. The molecule has 0 bridgehead atoms. The summed E-state index contributed by atoms with van der Waals surface area (Å²) in [6, 6.07) is 12.2. The van der Waals surface area contributed by atoms with Crippen LogP contribution in [0.5, 0.6) is 0 Å². The van der Waals surface area contributed by atoms with E-state index in [1.54, 1.807) is 0 Å². The summed E-state index contributed by atoms with van der Waals surface area (Å²) in [5.74, 6) is -0.990. The van der Waals surface area contributed by atoms with E-state index in [2.05, 4.69) is 22.1 Å². The molecule has 0 aliphatic heterocycles. The molecule has 4 heteroatoms. The van der Waals surface area contributed by atoms with Crippen LogP contribution >= 0.6 is 0 Å². The molecule has 2 aromatic heterocycles. The van der Waals surface area contributed by atoms with Crippen LogP contribution in [0.2, 0.25) is 0 Å². The van der Waals surface area contributed by atoms with E-state index >= 15 is 0 Å². The zero-order chi connectivity index (χ0) is 18.0. The van der Waals surface area contributed by atoms with Gasteiger partial charge in [-0.2, -0.15) is 0 Å². The summed E-state index contributed by atoms with van der Waals surface area (Å²) < 4.78 is 0.